The minimum atomic E-state index is -0.391. The van der Waals surface area contributed by atoms with Crippen LogP contribution in [0.25, 0.3) is 0 Å². The van der Waals surface area contributed by atoms with Gasteiger partial charge in [0.2, 0.25) is 0 Å². The Morgan fingerprint density at radius 1 is 1.45 bits per heavy atom. The van der Waals surface area contributed by atoms with Gasteiger partial charge in [0.05, 0.1) is 0 Å². The monoisotopic (exact) mass is 279 g/mol. The Kier molecular flexibility index (Phi) is 4.60. The maximum absolute atomic E-state index is 13.3. The molecule has 1 aliphatic carbocycles. The second-order valence-electron chi connectivity index (χ2n) is 5.69. The molecule has 110 valence electrons. The number of oxime groups is 1. The number of benzene rings is 1. The van der Waals surface area contributed by atoms with E-state index >= 15 is 0 Å². The van der Waals surface area contributed by atoms with E-state index in [2.05, 4.69) is 24.3 Å². The van der Waals surface area contributed by atoms with Crippen LogP contribution in [0.3, 0.4) is 0 Å². The molecule has 3 atom stereocenters. The number of hydrogen-bond acceptors (Lipinski definition) is 3. The van der Waals surface area contributed by atoms with Gasteiger partial charge in [-0.3, -0.25) is 0 Å². The van der Waals surface area contributed by atoms with Crippen LogP contribution < -0.4 is 11.1 Å². The Hall–Kier alpha value is -1.62. The summed E-state index contributed by atoms with van der Waals surface area (Å²) in [4.78, 5) is 0. The normalized spacial score (nSPS) is 26.9. The zero-order valence-corrected chi connectivity index (χ0v) is 11.9. The molecule has 0 spiro atoms. The van der Waals surface area contributed by atoms with Crippen LogP contribution in [0.1, 0.15) is 37.8 Å². The summed E-state index contributed by atoms with van der Waals surface area (Å²) in [6.07, 6.45) is 2.39. The lowest BCUT2D eigenvalue weighted by molar-refractivity contribution is 0.318. The highest BCUT2D eigenvalue weighted by Gasteiger charge is 2.29. The summed E-state index contributed by atoms with van der Waals surface area (Å²) >= 11 is 0. The summed E-state index contributed by atoms with van der Waals surface area (Å²) in [5.74, 6) is 0.902. The van der Waals surface area contributed by atoms with E-state index in [0.29, 0.717) is 24.1 Å². The number of halogens is 1. The lowest BCUT2D eigenvalue weighted by Gasteiger charge is -2.20. The number of amidine groups is 1. The van der Waals surface area contributed by atoms with Gasteiger partial charge in [0, 0.05) is 18.2 Å². The van der Waals surface area contributed by atoms with Gasteiger partial charge in [-0.2, -0.15) is 0 Å². The molecule has 4 nitrogen and oxygen atoms in total. The Morgan fingerprint density at radius 2 is 2.20 bits per heavy atom. The Bertz CT molecular complexity index is 504. The second-order valence-corrected chi connectivity index (χ2v) is 5.69. The Morgan fingerprint density at radius 3 is 2.80 bits per heavy atom. The largest absolute Gasteiger partial charge is 0.409 e. The second kappa shape index (κ2) is 6.22. The van der Waals surface area contributed by atoms with E-state index in [1.54, 1.807) is 6.07 Å². The third kappa shape index (κ3) is 3.10. The smallest absolute Gasteiger partial charge is 0.170 e. The molecule has 1 aromatic carbocycles. The quantitative estimate of drug-likeness (QED) is 0.343. The van der Waals surface area contributed by atoms with Gasteiger partial charge in [-0.1, -0.05) is 25.1 Å². The van der Waals surface area contributed by atoms with Gasteiger partial charge in [0.1, 0.15) is 5.82 Å². The van der Waals surface area contributed by atoms with E-state index < -0.39 is 5.82 Å². The van der Waals surface area contributed by atoms with Crippen molar-refractivity contribution in [2.75, 3.05) is 0 Å². The molecule has 0 saturated heterocycles. The lowest BCUT2D eigenvalue weighted by atomic mass is 9.97. The number of nitrogens with zero attached hydrogens (tertiary/aromatic N) is 1. The lowest BCUT2D eigenvalue weighted by Crippen LogP contribution is -2.32. The first kappa shape index (κ1) is 14.8. The third-order valence-corrected chi connectivity index (χ3v) is 4.48. The summed E-state index contributed by atoms with van der Waals surface area (Å²) in [5, 5.41) is 15.2. The minimum absolute atomic E-state index is 0.0610. The summed E-state index contributed by atoms with van der Waals surface area (Å²) in [6.45, 7) is 5.12. The molecule has 0 bridgehead atoms. The molecule has 0 aliphatic heterocycles. The van der Waals surface area contributed by atoms with Crippen molar-refractivity contribution in [3.05, 3.63) is 35.1 Å². The van der Waals surface area contributed by atoms with Crippen molar-refractivity contribution in [2.24, 2.45) is 22.7 Å². The molecule has 1 fully saturated rings. The molecular weight excluding hydrogens is 257 g/mol. The highest BCUT2D eigenvalue weighted by molar-refractivity contribution is 5.98. The molecular formula is C15H22FN3O. The van der Waals surface area contributed by atoms with E-state index in [-0.39, 0.29) is 5.84 Å². The number of rotatable bonds is 4. The molecule has 0 aromatic heterocycles. The number of nitrogens with two attached hydrogens (primary N) is 1. The van der Waals surface area contributed by atoms with Crippen molar-refractivity contribution >= 4 is 5.84 Å². The first-order valence-corrected chi connectivity index (χ1v) is 7.02. The summed E-state index contributed by atoms with van der Waals surface area (Å²) in [7, 11) is 0. The molecule has 2 rings (SSSR count). The molecule has 0 amide bonds. The topological polar surface area (TPSA) is 70.6 Å². The molecule has 1 aromatic rings. The predicted octanol–water partition coefficient (Wildman–Crippen LogP) is 2.44. The van der Waals surface area contributed by atoms with E-state index in [1.807, 2.05) is 0 Å². The highest BCUT2D eigenvalue weighted by atomic mass is 19.1. The summed E-state index contributed by atoms with van der Waals surface area (Å²) in [5.41, 5.74) is 6.89. The zero-order valence-electron chi connectivity index (χ0n) is 11.9. The van der Waals surface area contributed by atoms with E-state index in [1.165, 1.54) is 18.6 Å². The van der Waals surface area contributed by atoms with E-state index in [0.717, 1.165) is 17.9 Å². The van der Waals surface area contributed by atoms with Crippen molar-refractivity contribution < 1.29 is 9.60 Å². The van der Waals surface area contributed by atoms with Crippen molar-refractivity contribution in [3.63, 3.8) is 0 Å². The van der Waals surface area contributed by atoms with Gasteiger partial charge in [0.15, 0.2) is 5.84 Å². The van der Waals surface area contributed by atoms with Crippen LogP contribution in [0.5, 0.6) is 0 Å². The van der Waals surface area contributed by atoms with Crippen LogP contribution in [0.4, 0.5) is 4.39 Å². The first-order valence-electron chi connectivity index (χ1n) is 7.02. The summed E-state index contributed by atoms with van der Waals surface area (Å²) < 4.78 is 13.3. The zero-order chi connectivity index (χ0) is 14.7. The summed E-state index contributed by atoms with van der Waals surface area (Å²) in [6, 6.07) is 4.84. The SMILES string of the molecule is CC1CCC(NCc2ccc(F)cc2C(N)=NO)C1C. The van der Waals surface area contributed by atoms with Crippen LogP contribution in [0.15, 0.2) is 23.4 Å². The maximum atomic E-state index is 13.3. The van der Waals surface area contributed by atoms with Crippen LogP contribution in [-0.2, 0) is 6.54 Å². The molecule has 1 saturated carbocycles. The van der Waals surface area contributed by atoms with Gasteiger partial charge in [-0.05, 0) is 42.4 Å². The van der Waals surface area contributed by atoms with Gasteiger partial charge >= 0.3 is 0 Å². The average Bonchev–Trinajstić information content (AvgIpc) is 2.76. The minimum Gasteiger partial charge on any atom is -0.409 e. The van der Waals surface area contributed by atoms with Crippen molar-refractivity contribution in [2.45, 2.75) is 39.3 Å². The van der Waals surface area contributed by atoms with Crippen LogP contribution in [0, 0.1) is 17.7 Å². The van der Waals surface area contributed by atoms with Crippen molar-refractivity contribution in [3.8, 4) is 0 Å². The molecule has 1 aliphatic rings. The predicted molar refractivity (Wildman–Crippen MR) is 77.1 cm³/mol. The molecule has 4 N–H and O–H groups in total. The maximum Gasteiger partial charge on any atom is 0.170 e. The van der Waals surface area contributed by atoms with E-state index in [9.17, 15) is 4.39 Å². The van der Waals surface area contributed by atoms with Crippen molar-refractivity contribution in [1.29, 1.82) is 0 Å². The molecule has 3 unspecified atom stereocenters. The van der Waals surface area contributed by atoms with E-state index in [4.69, 9.17) is 10.9 Å². The fourth-order valence-electron chi connectivity index (χ4n) is 2.89. The van der Waals surface area contributed by atoms with Crippen LogP contribution >= 0.6 is 0 Å². The van der Waals surface area contributed by atoms with Crippen molar-refractivity contribution in [1.82, 2.24) is 5.32 Å². The molecule has 0 radical (unpaired) electrons. The van der Waals surface area contributed by atoms with Crippen LogP contribution in [-0.4, -0.2) is 17.1 Å². The average molecular weight is 279 g/mol. The molecule has 5 heteroatoms. The fourth-order valence-corrected chi connectivity index (χ4v) is 2.89. The van der Waals surface area contributed by atoms with Crippen LogP contribution in [0.2, 0.25) is 0 Å². The number of hydrogen-bond donors (Lipinski definition) is 3. The molecule has 20 heavy (non-hydrogen) atoms. The Balaban J connectivity index is 2.10. The van der Waals surface area contributed by atoms with Gasteiger partial charge in [-0.25, -0.2) is 4.39 Å². The molecule has 0 heterocycles. The first-order chi connectivity index (χ1) is 9.52. The number of nitrogens with one attached hydrogen (secondary N) is 1. The highest BCUT2D eigenvalue weighted by Crippen LogP contribution is 2.31. The Labute approximate surface area is 118 Å². The van der Waals surface area contributed by atoms with Gasteiger partial charge in [-0.15, -0.1) is 0 Å². The fraction of sp³-hybridized carbons (Fsp3) is 0.533. The standard InChI is InChI=1S/C15H22FN3O/c1-9-3-6-14(10(9)2)18-8-11-4-5-12(16)7-13(11)15(17)19-20/h4-5,7,9-10,14,18,20H,3,6,8H2,1-2H3,(H2,17,19). The third-order valence-electron chi connectivity index (χ3n) is 4.48. The van der Waals surface area contributed by atoms with Gasteiger partial charge < -0.3 is 16.3 Å². The van der Waals surface area contributed by atoms with Gasteiger partial charge in [0.25, 0.3) is 0 Å².